The topological polar surface area (TPSA) is 23.8 Å². The van der Waals surface area contributed by atoms with Gasteiger partial charge in [0.2, 0.25) is 0 Å². The Balaban J connectivity index is 3.23. The number of nitrogens with zero attached hydrogens (tertiary/aromatic N) is 1. The van der Waals surface area contributed by atoms with Crippen LogP contribution in [0, 0.1) is 11.3 Å². The molecular formula is C11H7ClF3N. The van der Waals surface area contributed by atoms with E-state index in [9.17, 15) is 13.2 Å². The molecule has 0 aliphatic heterocycles. The van der Waals surface area contributed by atoms with Crippen molar-refractivity contribution in [1.29, 1.82) is 5.26 Å². The highest BCUT2D eigenvalue weighted by Gasteiger charge is 2.30. The molecule has 0 N–H and O–H groups in total. The van der Waals surface area contributed by atoms with Gasteiger partial charge in [-0.2, -0.15) is 18.4 Å². The molecular weight excluding hydrogens is 239 g/mol. The van der Waals surface area contributed by atoms with E-state index in [1.54, 1.807) is 6.07 Å². The zero-order valence-corrected chi connectivity index (χ0v) is 8.81. The van der Waals surface area contributed by atoms with E-state index in [0.717, 1.165) is 12.1 Å². The molecule has 0 saturated heterocycles. The fourth-order valence-electron chi connectivity index (χ4n) is 1.16. The summed E-state index contributed by atoms with van der Waals surface area (Å²) in [4.78, 5) is 0. The fraction of sp³-hybridized carbons (Fsp3) is 0.182. The van der Waals surface area contributed by atoms with Gasteiger partial charge < -0.3 is 0 Å². The lowest BCUT2D eigenvalue weighted by molar-refractivity contribution is -0.137. The minimum absolute atomic E-state index is 0.0240. The highest BCUT2D eigenvalue weighted by Crippen LogP contribution is 2.30. The number of hydrogen-bond acceptors (Lipinski definition) is 1. The van der Waals surface area contributed by atoms with Crippen LogP contribution >= 0.6 is 11.6 Å². The maximum atomic E-state index is 12.4. The molecule has 0 aliphatic rings. The van der Waals surface area contributed by atoms with Crippen molar-refractivity contribution in [3.63, 3.8) is 0 Å². The normalized spacial score (nSPS) is 11.7. The molecule has 0 bridgehead atoms. The van der Waals surface area contributed by atoms with Crippen LogP contribution in [0.1, 0.15) is 16.7 Å². The predicted molar refractivity (Wildman–Crippen MR) is 55.9 cm³/mol. The Morgan fingerprint density at radius 2 is 2.00 bits per heavy atom. The number of alkyl halides is 4. The van der Waals surface area contributed by atoms with Crippen LogP contribution in [0.4, 0.5) is 13.2 Å². The maximum absolute atomic E-state index is 12.4. The number of hydrogen-bond donors (Lipinski definition) is 0. The van der Waals surface area contributed by atoms with Gasteiger partial charge in [-0.25, -0.2) is 0 Å². The molecule has 5 heteroatoms. The van der Waals surface area contributed by atoms with Crippen LogP contribution in [0.3, 0.4) is 0 Å². The Labute approximate surface area is 95.8 Å². The first-order valence-electron chi connectivity index (χ1n) is 4.32. The Hall–Kier alpha value is -1.47. The summed E-state index contributed by atoms with van der Waals surface area (Å²) < 4.78 is 37.3. The SMILES string of the molecule is N#Cc1cc(C=CCCl)cc(C(F)(F)F)c1. The number of nitriles is 1. The summed E-state index contributed by atoms with van der Waals surface area (Å²) in [6.45, 7) is 0. The Morgan fingerprint density at radius 3 is 2.50 bits per heavy atom. The second-order valence-corrected chi connectivity index (χ2v) is 3.32. The second kappa shape index (κ2) is 5.04. The van der Waals surface area contributed by atoms with Crippen molar-refractivity contribution in [3.8, 4) is 6.07 Å². The number of halogens is 4. The number of rotatable bonds is 2. The van der Waals surface area contributed by atoms with Gasteiger partial charge in [0.15, 0.2) is 0 Å². The molecule has 0 radical (unpaired) electrons. The first kappa shape index (κ1) is 12.6. The van der Waals surface area contributed by atoms with Gasteiger partial charge in [0.1, 0.15) is 0 Å². The smallest absolute Gasteiger partial charge is 0.192 e. The van der Waals surface area contributed by atoms with Gasteiger partial charge in [-0.15, -0.1) is 11.6 Å². The van der Waals surface area contributed by atoms with E-state index in [4.69, 9.17) is 16.9 Å². The molecule has 1 nitrogen and oxygen atoms in total. The molecule has 16 heavy (non-hydrogen) atoms. The largest absolute Gasteiger partial charge is 0.416 e. The standard InChI is InChI=1S/C11H7ClF3N/c12-3-1-2-8-4-9(7-16)6-10(5-8)11(13,14)15/h1-2,4-6H,3H2. The third-order valence-electron chi connectivity index (χ3n) is 1.81. The zero-order chi connectivity index (χ0) is 12.2. The van der Waals surface area contributed by atoms with E-state index in [0.29, 0.717) is 5.56 Å². The molecule has 0 amide bonds. The van der Waals surface area contributed by atoms with Gasteiger partial charge in [0, 0.05) is 5.88 Å². The van der Waals surface area contributed by atoms with Crippen LogP contribution in [-0.4, -0.2) is 5.88 Å². The molecule has 1 rings (SSSR count). The average molecular weight is 246 g/mol. The number of benzene rings is 1. The Kier molecular flexibility index (Phi) is 3.97. The Bertz CT molecular complexity index is 444. The fourth-order valence-corrected chi connectivity index (χ4v) is 1.25. The van der Waals surface area contributed by atoms with Crippen LogP contribution in [0.2, 0.25) is 0 Å². The van der Waals surface area contributed by atoms with Gasteiger partial charge in [-0.05, 0) is 23.8 Å². The van der Waals surface area contributed by atoms with E-state index in [-0.39, 0.29) is 11.4 Å². The highest BCUT2D eigenvalue weighted by molar-refractivity contribution is 6.19. The summed E-state index contributed by atoms with van der Waals surface area (Å²) in [6, 6.07) is 4.86. The van der Waals surface area contributed by atoms with Gasteiger partial charge in [-0.3, -0.25) is 0 Å². The molecule has 84 valence electrons. The lowest BCUT2D eigenvalue weighted by Crippen LogP contribution is -2.05. The third kappa shape index (κ3) is 3.28. The lowest BCUT2D eigenvalue weighted by Gasteiger charge is -2.07. The maximum Gasteiger partial charge on any atom is 0.416 e. The molecule has 0 unspecified atom stereocenters. The molecule has 1 aromatic rings. The van der Waals surface area contributed by atoms with Gasteiger partial charge >= 0.3 is 6.18 Å². The molecule has 0 spiro atoms. The highest BCUT2D eigenvalue weighted by atomic mass is 35.5. The summed E-state index contributed by atoms with van der Waals surface area (Å²) in [5.74, 6) is 0.206. The molecule has 0 aliphatic carbocycles. The lowest BCUT2D eigenvalue weighted by atomic mass is 10.1. The van der Waals surface area contributed by atoms with Gasteiger partial charge in [0.25, 0.3) is 0 Å². The molecule has 0 aromatic heterocycles. The summed E-state index contributed by atoms with van der Waals surface area (Å²) in [7, 11) is 0. The first-order valence-corrected chi connectivity index (χ1v) is 4.85. The van der Waals surface area contributed by atoms with Crippen molar-refractivity contribution < 1.29 is 13.2 Å². The quantitative estimate of drug-likeness (QED) is 0.727. The van der Waals surface area contributed by atoms with Crippen molar-refractivity contribution in [1.82, 2.24) is 0 Å². The zero-order valence-electron chi connectivity index (χ0n) is 8.05. The molecule has 0 heterocycles. The van der Waals surface area contributed by atoms with Crippen molar-refractivity contribution in [3.05, 3.63) is 41.0 Å². The molecule has 0 saturated carbocycles. The van der Waals surface area contributed by atoms with Crippen LogP contribution in [0.5, 0.6) is 0 Å². The van der Waals surface area contributed by atoms with E-state index >= 15 is 0 Å². The third-order valence-corrected chi connectivity index (χ3v) is 1.99. The van der Waals surface area contributed by atoms with Crippen LogP contribution in [0.25, 0.3) is 6.08 Å². The van der Waals surface area contributed by atoms with E-state index < -0.39 is 11.7 Å². The molecule has 0 atom stereocenters. The van der Waals surface area contributed by atoms with Gasteiger partial charge in [-0.1, -0.05) is 12.2 Å². The van der Waals surface area contributed by atoms with Crippen molar-refractivity contribution >= 4 is 17.7 Å². The molecule has 0 fully saturated rings. The number of allylic oxidation sites excluding steroid dienone is 1. The average Bonchev–Trinajstić information content (AvgIpc) is 2.24. The van der Waals surface area contributed by atoms with E-state index in [1.807, 2.05) is 0 Å². The van der Waals surface area contributed by atoms with Gasteiger partial charge in [0.05, 0.1) is 17.2 Å². The monoisotopic (exact) mass is 245 g/mol. The summed E-state index contributed by atoms with van der Waals surface area (Å²) in [5, 5.41) is 8.61. The predicted octanol–water partition coefficient (Wildman–Crippen LogP) is 3.83. The van der Waals surface area contributed by atoms with E-state index in [1.165, 1.54) is 18.2 Å². The van der Waals surface area contributed by atoms with E-state index in [2.05, 4.69) is 0 Å². The Morgan fingerprint density at radius 1 is 1.31 bits per heavy atom. The first-order chi connectivity index (χ1) is 7.47. The summed E-state index contributed by atoms with van der Waals surface area (Å²) in [6.07, 6.45) is -1.49. The van der Waals surface area contributed by atoms with Crippen molar-refractivity contribution in [2.75, 3.05) is 5.88 Å². The van der Waals surface area contributed by atoms with Crippen molar-refractivity contribution in [2.45, 2.75) is 6.18 Å². The molecule has 1 aromatic carbocycles. The van der Waals surface area contributed by atoms with Crippen LogP contribution in [-0.2, 0) is 6.18 Å². The summed E-state index contributed by atoms with van der Waals surface area (Å²) >= 11 is 5.38. The van der Waals surface area contributed by atoms with Crippen LogP contribution in [0.15, 0.2) is 24.3 Å². The van der Waals surface area contributed by atoms with Crippen LogP contribution < -0.4 is 0 Å². The minimum Gasteiger partial charge on any atom is -0.192 e. The summed E-state index contributed by atoms with van der Waals surface area (Å²) in [5.41, 5.74) is -0.545. The minimum atomic E-state index is -4.45. The van der Waals surface area contributed by atoms with Crippen molar-refractivity contribution in [2.24, 2.45) is 0 Å². The second-order valence-electron chi connectivity index (χ2n) is 3.01.